The van der Waals surface area contributed by atoms with E-state index in [1.807, 2.05) is 0 Å². The molecule has 0 saturated carbocycles. The van der Waals surface area contributed by atoms with Gasteiger partial charge in [-0.2, -0.15) is 0 Å². The van der Waals surface area contributed by atoms with Crippen LogP contribution in [0.25, 0.3) is 0 Å². The molecule has 0 aromatic heterocycles. The monoisotopic (exact) mass is 185 g/mol. The normalized spacial score (nSPS) is 12.9. The molecular weight excluding hydrogens is 176 g/mol. The Kier molecular flexibility index (Phi) is 2.49. The molecule has 0 spiro atoms. The Bertz CT molecular complexity index is 333. The molecule has 66 valence electrons. The Morgan fingerprint density at radius 2 is 1.92 bits per heavy atom. The van der Waals surface area contributed by atoms with Gasteiger partial charge in [-0.1, -0.05) is 0 Å². The van der Waals surface area contributed by atoms with E-state index in [1.165, 1.54) is 12.1 Å². The van der Waals surface area contributed by atoms with E-state index in [0.29, 0.717) is 11.1 Å². The second-order valence-electron chi connectivity index (χ2n) is 2.64. The lowest BCUT2D eigenvalue weighted by Crippen LogP contribution is -1.93. The summed E-state index contributed by atoms with van der Waals surface area (Å²) < 4.78 is 21.2. The molecule has 0 saturated heterocycles. The summed E-state index contributed by atoms with van der Waals surface area (Å²) in [5, 5.41) is 9.21. The highest BCUT2D eigenvalue weighted by molar-refractivity contribution is 7.79. The van der Waals surface area contributed by atoms with Crippen molar-refractivity contribution < 1.29 is 13.9 Å². The smallest absolute Gasteiger partial charge is 0.118 e. The van der Waals surface area contributed by atoms with Crippen molar-refractivity contribution in [3.63, 3.8) is 0 Å². The second kappa shape index (κ2) is 3.25. The van der Waals surface area contributed by atoms with Gasteiger partial charge in [-0.25, -0.2) is 0 Å². The van der Waals surface area contributed by atoms with Crippen molar-refractivity contribution in [1.82, 2.24) is 0 Å². The highest BCUT2D eigenvalue weighted by Crippen LogP contribution is 2.22. The molecule has 1 atom stereocenters. The fraction of sp³-hybridized carbons (Fsp3) is 0.250. The molecule has 0 fully saturated rings. The topological polar surface area (TPSA) is 60.4 Å². The van der Waals surface area contributed by atoms with Crippen LogP contribution in [0.3, 0.4) is 0 Å². The molecule has 0 amide bonds. The fourth-order valence-electron chi connectivity index (χ4n) is 0.954. The molecular formula is C8H9O3S-. The number of hydrogen-bond acceptors (Lipinski definition) is 3. The maximum atomic E-state index is 10.6. The fourth-order valence-corrected chi connectivity index (χ4v) is 1.55. The van der Waals surface area contributed by atoms with E-state index in [-0.39, 0.29) is 10.6 Å². The van der Waals surface area contributed by atoms with Gasteiger partial charge in [-0.3, -0.25) is 4.21 Å². The minimum absolute atomic E-state index is 0.127. The third kappa shape index (κ3) is 1.65. The highest BCUT2D eigenvalue weighted by atomic mass is 32.2. The zero-order valence-electron chi connectivity index (χ0n) is 6.83. The number of phenolic OH excluding ortho intramolecular Hbond substituents is 1. The van der Waals surface area contributed by atoms with Crippen molar-refractivity contribution in [2.45, 2.75) is 18.7 Å². The lowest BCUT2D eigenvalue weighted by molar-refractivity contribution is 0.469. The lowest BCUT2D eigenvalue weighted by Gasteiger charge is -2.10. The molecule has 1 aromatic rings. The minimum Gasteiger partial charge on any atom is -0.768 e. The first-order valence-electron chi connectivity index (χ1n) is 3.42. The van der Waals surface area contributed by atoms with Crippen molar-refractivity contribution in [2.24, 2.45) is 0 Å². The maximum absolute atomic E-state index is 10.6. The predicted octanol–water partition coefficient (Wildman–Crippen LogP) is 1.25. The van der Waals surface area contributed by atoms with Gasteiger partial charge < -0.3 is 9.66 Å². The summed E-state index contributed by atoms with van der Waals surface area (Å²) in [4.78, 5) is 0.241. The van der Waals surface area contributed by atoms with Crippen LogP contribution in [0.4, 0.5) is 0 Å². The zero-order chi connectivity index (χ0) is 9.30. The van der Waals surface area contributed by atoms with Crippen LogP contribution in [0.5, 0.6) is 5.75 Å². The number of aryl methyl sites for hydroxylation is 2. The van der Waals surface area contributed by atoms with Gasteiger partial charge >= 0.3 is 0 Å². The zero-order valence-corrected chi connectivity index (χ0v) is 7.64. The van der Waals surface area contributed by atoms with Crippen LogP contribution in [-0.2, 0) is 11.1 Å². The average molecular weight is 185 g/mol. The molecule has 1 N–H and O–H groups in total. The molecule has 1 rings (SSSR count). The number of benzene rings is 1. The number of hydrogen-bond donors (Lipinski definition) is 1. The summed E-state index contributed by atoms with van der Waals surface area (Å²) in [5.41, 5.74) is 1.13. The number of phenols is 1. The number of rotatable bonds is 1. The first-order chi connectivity index (χ1) is 5.52. The summed E-state index contributed by atoms with van der Waals surface area (Å²) >= 11 is -2.22. The molecule has 0 aliphatic rings. The van der Waals surface area contributed by atoms with Gasteiger partial charge in [0.15, 0.2) is 0 Å². The molecule has 4 heteroatoms. The van der Waals surface area contributed by atoms with E-state index in [0.717, 1.165) is 0 Å². The Hall–Kier alpha value is -0.870. The molecule has 1 aromatic carbocycles. The van der Waals surface area contributed by atoms with Gasteiger partial charge in [-0.05, 0) is 48.2 Å². The molecule has 3 nitrogen and oxygen atoms in total. The highest BCUT2D eigenvalue weighted by Gasteiger charge is 2.02. The standard InChI is InChI=1S/C8H10O3S/c1-5-4-8(12(10)11)6(2)3-7(5)9/h3-4,9H,1-2H3,(H,10,11)/p-1. The van der Waals surface area contributed by atoms with Gasteiger partial charge in [0.05, 0.1) is 0 Å². The van der Waals surface area contributed by atoms with E-state index < -0.39 is 11.1 Å². The van der Waals surface area contributed by atoms with E-state index >= 15 is 0 Å². The van der Waals surface area contributed by atoms with E-state index in [4.69, 9.17) is 0 Å². The first-order valence-corrected chi connectivity index (χ1v) is 4.49. The largest absolute Gasteiger partial charge is 0.768 e. The van der Waals surface area contributed by atoms with Crippen molar-refractivity contribution in [1.29, 1.82) is 0 Å². The summed E-state index contributed by atoms with van der Waals surface area (Å²) in [7, 11) is 0. The van der Waals surface area contributed by atoms with Gasteiger partial charge in [0.1, 0.15) is 5.75 Å². The van der Waals surface area contributed by atoms with Crippen molar-refractivity contribution in [2.75, 3.05) is 0 Å². The second-order valence-corrected chi connectivity index (χ2v) is 3.55. The quantitative estimate of drug-likeness (QED) is 0.670. The van der Waals surface area contributed by atoms with E-state index in [9.17, 15) is 13.9 Å². The van der Waals surface area contributed by atoms with Crippen molar-refractivity contribution in [3.05, 3.63) is 23.3 Å². The van der Waals surface area contributed by atoms with Gasteiger partial charge in [0.2, 0.25) is 0 Å². The third-order valence-electron chi connectivity index (χ3n) is 1.67. The van der Waals surface area contributed by atoms with Crippen LogP contribution in [0.15, 0.2) is 17.0 Å². The first kappa shape index (κ1) is 9.22. The SMILES string of the molecule is Cc1cc(S(=O)[O-])c(C)cc1O. The summed E-state index contributed by atoms with van der Waals surface area (Å²) in [6.45, 7) is 3.30. The van der Waals surface area contributed by atoms with Gasteiger partial charge in [-0.15, -0.1) is 0 Å². The molecule has 0 aliphatic carbocycles. The van der Waals surface area contributed by atoms with Gasteiger partial charge in [0.25, 0.3) is 0 Å². The predicted molar refractivity (Wildman–Crippen MR) is 44.8 cm³/mol. The molecule has 12 heavy (non-hydrogen) atoms. The lowest BCUT2D eigenvalue weighted by atomic mass is 10.1. The van der Waals surface area contributed by atoms with Crippen molar-refractivity contribution >= 4 is 11.1 Å². The van der Waals surface area contributed by atoms with Crippen LogP contribution in [0.1, 0.15) is 11.1 Å². The van der Waals surface area contributed by atoms with E-state index in [1.54, 1.807) is 13.8 Å². The number of aromatic hydroxyl groups is 1. The molecule has 0 aliphatic heterocycles. The van der Waals surface area contributed by atoms with E-state index in [2.05, 4.69) is 0 Å². The molecule has 0 radical (unpaired) electrons. The Morgan fingerprint density at radius 3 is 2.42 bits per heavy atom. The summed E-state index contributed by atoms with van der Waals surface area (Å²) in [6.07, 6.45) is 0. The molecule has 0 bridgehead atoms. The van der Waals surface area contributed by atoms with Crippen LogP contribution in [-0.4, -0.2) is 13.9 Å². The Morgan fingerprint density at radius 1 is 1.33 bits per heavy atom. The Labute approximate surface area is 73.3 Å². The van der Waals surface area contributed by atoms with Crippen LogP contribution in [0.2, 0.25) is 0 Å². The molecule has 1 unspecified atom stereocenters. The summed E-state index contributed by atoms with van der Waals surface area (Å²) in [5.74, 6) is 0.127. The Balaban J connectivity index is 3.33. The van der Waals surface area contributed by atoms with Crippen LogP contribution < -0.4 is 0 Å². The third-order valence-corrected chi connectivity index (χ3v) is 2.47. The summed E-state index contributed by atoms with van der Waals surface area (Å²) in [6, 6.07) is 2.90. The van der Waals surface area contributed by atoms with Crippen LogP contribution >= 0.6 is 0 Å². The van der Waals surface area contributed by atoms with Crippen LogP contribution in [0, 0.1) is 13.8 Å². The maximum Gasteiger partial charge on any atom is 0.118 e. The average Bonchev–Trinajstić information content (AvgIpc) is 1.96. The van der Waals surface area contributed by atoms with Gasteiger partial charge in [0, 0.05) is 4.90 Å². The van der Waals surface area contributed by atoms with Crippen molar-refractivity contribution in [3.8, 4) is 5.75 Å². The molecule has 0 heterocycles. The minimum atomic E-state index is -2.22.